The molecule has 20 heavy (non-hydrogen) atoms. The molecule has 0 spiro atoms. The molecular weight excluding hydrogens is 270 g/mol. The van der Waals surface area contributed by atoms with Crippen molar-refractivity contribution in [3.05, 3.63) is 64.7 Å². The van der Waals surface area contributed by atoms with Crippen molar-refractivity contribution in [3.63, 3.8) is 0 Å². The summed E-state index contributed by atoms with van der Waals surface area (Å²) < 4.78 is 22.9. The van der Waals surface area contributed by atoms with Gasteiger partial charge in [0.15, 0.2) is 9.84 Å². The highest BCUT2D eigenvalue weighted by molar-refractivity contribution is 7.90. The summed E-state index contributed by atoms with van der Waals surface area (Å²) in [4.78, 5) is 0.314. The molecule has 1 atom stereocenters. The zero-order chi connectivity index (χ0) is 14.9. The Kier molecular flexibility index (Phi) is 3.97. The second-order valence-electron chi connectivity index (χ2n) is 5.18. The third-order valence-electron chi connectivity index (χ3n) is 3.43. The van der Waals surface area contributed by atoms with Crippen molar-refractivity contribution in [2.75, 3.05) is 6.26 Å². The van der Waals surface area contributed by atoms with Crippen LogP contribution in [0.3, 0.4) is 0 Å². The van der Waals surface area contributed by atoms with Crippen LogP contribution in [0.15, 0.2) is 47.4 Å². The molecule has 0 saturated heterocycles. The van der Waals surface area contributed by atoms with Crippen molar-refractivity contribution in [3.8, 4) is 0 Å². The second-order valence-corrected chi connectivity index (χ2v) is 7.19. The SMILES string of the molecule is Cc1ccc(C(N)c2ccc(S(C)(=O)=O)cc2)c(C)c1. The fourth-order valence-corrected chi connectivity index (χ4v) is 2.91. The zero-order valence-corrected chi connectivity index (χ0v) is 12.7. The van der Waals surface area contributed by atoms with Crippen LogP contribution in [-0.2, 0) is 9.84 Å². The predicted octanol–water partition coefficient (Wildman–Crippen LogP) is 2.76. The Bertz CT molecular complexity index is 719. The van der Waals surface area contributed by atoms with E-state index in [0.717, 1.165) is 16.7 Å². The Balaban J connectivity index is 2.36. The number of hydrogen-bond acceptors (Lipinski definition) is 3. The number of hydrogen-bond donors (Lipinski definition) is 1. The summed E-state index contributed by atoms with van der Waals surface area (Å²) in [6.07, 6.45) is 1.20. The molecule has 0 heterocycles. The van der Waals surface area contributed by atoms with Gasteiger partial charge < -0.3 is 5.73 Å². The average molecular weight is 289 g/mol. The third kappa shape index (κ3) is 3.08. The molecule has 0 radical (unpaired) electrons. The first-order chi connectivity index (χ1) is 9.29. The number of rotatable bonds is 3. The molecule has 106 valence electrons. The zero-order valence-electron chi connectivity index (χ0n) is 11.9. The molecule has 2 N–H and O–H groups in total. The summed E-state index contributed by atoms with van der Waals surface area (Å²) in [6, 6.07) is 12.7. The van der Waals surface area contributed by atoms with Gasteiger partial charge in [-0.2, -0.15) is 0 Å². The number of sulfone groups is 1. The topological polar surface area (TPSA) is 60.2 Å². The molecule has 0 aliphatic rings. The van der Waals surface area contributed by atoms with E-state index in [-0.39, 0.29) is 6.04 Å². The van der Waals surface area contributed by atoms with Crippen molar-refractivity contribution in [2.45, 2.75) is 24.8 Å². The minimum Gasteiger partial charge on any atom is -0.320 e. The number of aryl methyl sites for hydroxylation is 2. The molecule has 0 fully saturated rings. The van der Waals surface area contributed by atoms with Crippen molar-refractivity contribution in [2.24, 2.45) is 5.73 Å². The van der Waals surface area contributed by atoms with E-state index in [1.165, 1.54) is 11.8 Å². The highest BCUT2D eigenvalue weighted by atomic mass is 32.2. The van der Waals surface area contributed by atoms with Gasteiger partial charge in [0.25, 0.3) is 0 Å². The lowest BCUT2D eigenvalue weighted by molar-refractivity contribution is 0.602. The van der Waals surface area contributed by atoms with E-state index in [1.807, 2.05) is 26.0 Å². The Morgan fingerprint density at radius 2 is 1.60 bits per heavy atom. The van der Waals surface area contributed by atoms with Gasteiger partial charge in [0.05, 0.1) is 10.9 Å². The van der Waals surface area contributed by atoms with Gasteiger partial charge in [0.1, 0.15) is 0 Å². The van der Waals surface area contributed by atoms with Gasteiger partial charge in [-0.05, 0) is 42.7 Å². The Hall–Kier alpha value is -1.65. The summed E-state index contributed by atoms with van der Waals surface area (Å²) in [5.41, 5.74) is 10.6. The highest BCUT2D eigenvalue weighted by Gasteiger charge is 2.13. The standard InChI is InChI=1S/C16H19NO2S/c1-11-4-9-15(12(2)10-11)16(17)13-5-7-14(8-6-13)20(3,18)19/h4-10,16H,17H2,1-3H3. The summed E-state index contributed by atoms with van der Waals surface area (Å²) in [5.74, 6) is 0. The summed E-state index contributed by atoms with van der Waals surface area (Å²) in [6.45, 7) is 4.08. The Morgan fingerprint density at radius 1 is 1.00 bits per heavy atom. The Labute approximate surface area is 120 Å². The van der Waals surface area contributed by atoms with E-state index in [0.29, 0.717) is 4.90 Å². The van der Waals surface area contributed by atoms with E-state index in [4.69, 9.17) is 5.73 Å². The maximum absolute atomic E-state index is 11.4. The minimum atomic E-state index is -3.16. The maximum atomic E-state index is 11.4. The number of benzene rings is 2. The van der Waals surface area contributed by atoms with E-state index in [2.05, 4.69) is 6.07 Å². The molecule has 0 aliphatic heterocycles. The first-order valence-corrected chi connectivity index (χ1v) is 8.31. The fraction of sp³-hybridized carbons (Fsp3) is 0.250. The van der Waals surface area contributed by atoms with Crippen LogP contribution in [0.4, 0.5) is 0 Å². The largest absolute Gasteiger partial charge is 0.320 e. The molecule has 2 aromatic carbocycles. The lowest BCUT2D eigenvalue weighted by Crippen LogP contribution is -2.13. The fourth-order valence-electron chi connectivity index (χ4n) is 2.28. The smallest absolute Gasteiger partial charge is 0.175 e. The van der Waals surface area contributed by atoms with Gasteiger partial charge in [-0.15, -0.1) is 0 Å². The van der Waals surface area contributed by atoms with Crippen molar-refractivity contribution in [1.82, 2.24) is 0 Å². The van der Waals surface area contributed by atoms with Gasteiger partial charge >= 0.3 is 0 Å². The molecule has 2 aromatic rings. The molecule has 0 aromatic heterocycles. The van der Waals surface area contributed by atoms with E-state index >= 15 is 0 Å². The van der Waals surface area contributed by atoms with Crippen molar-refractivity contribution < 1.29 is 8.42 Å². The van der Waals surface area contributed by atoms with E-state index < -0.39 is 9.84 Å². The van der Waals surface area contributed by atoms with E-state index in [9.17, 15) is 8.42 Å². The highest BCUT2D eigenvalue weighted by Crippen LogP contribution is 2.24. The van der Waals surface area contributed by atoms with E-state index in [1.54, 1.807) is 24.3 Å². The van der Waals surface area contributed by atoms with Crippen LogP contribution in [0.1, 0.15) is 28.3 Å². The maximum Gasteiger partial charge on any atom is 0.175 e. The van der Waals surface area contributed by atoms with Crippen LogP contribution in [0, 0.1) is 13.8 Å². The summed E-state index contributed by atoms with van der Waals surface area (Å²) >= 11 is 0. The third-order valence-corrected chi connectivity index (χ3v) is 4.56. The molecule has 0 amide bonds. The van der Waals surface area contributed by atoms with Gasteiger partial charge in [-0.3, -0.25) is 0 Å². The van der Waals surface area contributed by atoms with Gasteiger partial charge in [0, 0.05) is 6.26 Å². The van der Waals surface area contributed by atoms with Crippen LogP contribution in [0.5, 0.6) is 0 Å². The summed E-state index contributed by atoms with van der Waals surface area (Å²) in [5, 5.41) is 0. The monoisotopic (exact) mass is 289 g/mol. The first kappa shape index (κ1) is 14.8. The molecule has 2 rings (SSSR count). The average Bonchev–Trinajstić information content (AvgIpc) is 2.37. The van der Waals surface area contributed by atoms with Crippen LogP contribution in [0.25, 0.3) is 0 Å². The van der Waals surface area contributed by atoms with Crippen LogP contribution >= 0.6 is 0 Å². The van der Waals surface area contributed by atoms with Crippen LogP contribution in [-0.4, -0.2) is 14.7 Å². The van der Waals surface area contributed by atoms with Crippen molar-refractivity contribution >= 4 is 9.84 Å². The normalized spacial score (nSPS) is 13.2. The predicted molar refractivity (Wildman–Crippen MR) is 81.5 cm³/mol. The summed E-state index contributed by atoms with van der Waals surface area (Å²) in [7, 11) is -3.16. The number of nitrogens with two attached hydrogens (primary N) is 1. The van der Waals surface area contributed by atoms with Crippen LogP contribution in [0.2, 0.25) is 0 Å². The van der Waals surface area contributed by atoms with Crippen LogP contribution < -0.4 is 5.73 Å². The quantitative estimate of drug-likeness (QED) is 0.945. The molecule has 0 saturated carbocycles. The molecule has 0 aliphatic carbocycles. The van der Waals surface area contributed by atoms with Crippen molar-refractivity contribution in [1.29, 1.82) is 0 Å². The van der Waals surface area contributed by atoms with Gasteiger partial charge in [-0.25, -0.2) is 8.42 Å². The molecule has 3 nitrogen and oxygen atoms in total. The van der Waals surface area contributed by atoms with Gasteiger partial charge in [0.2, 0.25) is 0 Å². The lowest BCUT2D eigenvalue weighted by atomic mass is 9.95. The Morgan fingerprint density at radius 3 is 2.10 bits per heavy atom. The lowest BCUT2D eigenvalue weighted by Gasteiger charge is -2.16. The second kappa shape index (κ2) is 5.38. The molecular formula is C16H19NO2S. The molecule has 1 unspecified atom stereocenters. The molecule has 4 heteroatoms. The molecule has 0 bridgehead atoms. The first-order valence-electron chi connectivity index (χ1n) is 6.42. The minimum absolute atomic E-state index is 0.246. The van der Waals surface area contributed by atoms with Gasteiger partial charge in [-0.1, -0.05) is 35.9 Å².